The first-order valence-corrected chi connectivity index (χ1v) is 9.27. The number of fused-ring (bicyclic) bond motifs is 1. The van der Waals surface area contributed by atoms with E-state index in [1.807, 2.05) is 36.9 Å². The summed E-state index contributed by atoms with van der Waals surface area (Å²) in [6.07, 6.45) is 0. The van der Waals surface area contributed by atoms with Crippen LogP contribution in [-0.4, -0.2) is 29.1 Å². The second-order valence-electron chi connectivity index (χ2n) is 5.45. The molecule has 0 radical (unpaired) electrons. The summed E-state index contributed by atoms with van der Waals surface area (Å²) in [6.45, 7) is 6.83. The van der Waals surface area contributed by atoms with E-state index in [-0.39, 0.29) is 11.3 Å². The number of rotatable bonds is 5. The Hall–Kier alpha value is -2.18. The van der Waals surface area contributed by atoms with Gasteiger partial charge < -0.3 is 9.64 Å². The molecule has 0 spiro atoms. The second kappa shape index (κ2) is 7.37. The van der Waals surface area contributed by atoms with Gasteiger partial charge in [0.05, 0.1) is 17.6 Å². The van der Waals surface area contributed by atoms with Crippen molar-refractivity contribution in [2.75, 3.05) is 18.1 Å². The van der Waals surface area contributed by atoms with Crippen molar-refractivity contribution in [2.24, 2.45) is 0 Å². The third-order valence-electron chi connectivity index (χ3n) is 3.77. The molecule has 0 aliphatic carbocycles. The lowest BCUT2D eigenvalue weighted by Gasteiger charge is -2.23. The maximum atomic E-state index is 12.3. The van der Waals surface area contributed by atoms with Crippen molar-refractivity contribution in [3.8, 4) is 0 Å². The molecular weight excluding hydrogens is 358 g/mol. The standard InChI is InChI=1S/C18H18ClN3O2S/c1-4-22(12-8-6-7-11(3)9-12)15-14-13(17(23)24-5-2)10-25-16(14)21-18(19)20-15/h6-10H,4-5H2,1-3H3. The highest BCUT2D eigenvalue weighted by atomic mass is 35.5. The minimum absolute atomic E-state index is 0.158. The molecule has 0 N–H and O–H groups in total. The van der Waals surface area contributed by atoms with E-state index in [0.717, 1.165) is 11.3 Å². The quantitative estimate of drug-likeness (QED) is 0.464. The molecule has 0 aliphatic heterocycles. The monoisotopic (exact) mass is 375 g/mol. The third kappa shape index (κ3) is 3.45. The number of aromatic nitrogens is 2. The number of halogens is 1. The fourth-order valence-corrected chi connectivity index (χ4v) is 3.82. The number of hydrogen-bond acceptors (Lipinski definition) is 6. The van der Waals surface area contributed by atoms with Gasteiger partial charge in [0, 0.05) is 17.6 Å². The summed E-state index contributed by atoms with van der Waals surface area (Å²) in [6, 6.07) is 8.11. The van der Waals surface area contributed by atoms with Crippen LogP contribution in [0.25, 0.3) is 10.2 Å². The Bertz CT molecular complexity index is 926. The number of benzene rings is 1. The molecule has 5 nitrogen and oxygen atoms in total. The van der Waals surface area contributed by atoms with Crippen LogP contribution in [-0.2, 0) is 4.74 Å². The van der Waals surface area contributed by atoms with Crippen molar-refractivity contribution < 1.29 is 9.53 Å². The zero-order valence-corrected chi connectivity index (χ0v) is 15.8. The number of esters is 1. The van der Waals surface area contributed by atoms with Crippen molar-refractivity contribution in [3.63, 3.8) is 0 Å². The lowest BCUT2D eigenvalue weighted by molar-refractivity contribution is 0.0529. The van der Waals surface area contributed by atoms with Crippen LogP contribution in [0.4, 0.5) is 11.5 Å². The van der Waals surface area contributed by atoms with Crippen LogP contribution in [0.2, 0.25) is 5.28 Å². The van der Waals surface area contributed by atoms with E-state index >= 15 is 0 Å². The first kappa shape index (κ1) is 17.6. The Morgan fingerprint density at radius 3 is 2.80 bits per heavy atom. The molecule has 0 atom stereocenters. The van der Waals surface area contributed by atoms with E-state index in [4.69, 9.17) is 16.3 Å². The van der Waals surface area contributed by atoms with E-state index in [9.17, 15) is 4.79 Å². The van der Waals surface area contributed by atoms with Gasteiger partial charge in [-0.15, -0.1) is 11.3 Å². The van der Waals surface area contributed by atoms with Gasteiger partial charge in [0.1, 0.15) is 10.6 Å². The van der Waals surface area contributed by atoms with Crippen LogP contribution in [0.3, 0.4) is 0 Å². The summed E-state index contributed by atoms with van der Waals surface area (Å²) in [5.41, 5.74) is 2.60. The Kier molecular flexibility index (Phi) is 5.20. The van der Waals surface area contributed by atoms with E-state index < -0.39 is 0 Å². The van der Waals surface area contributed by atoms with Crippen LogP contribution < -0.4 is 4.90 Å². The largest absolute Gasteiger partial charge is 0.462 e. The molecule has 0 amide bonds. The van der Waals surface area contributed by atoms with Crippen molar-refractivity contribution in [3.05, 3.63) is 46.1 Å². The first-order valence-electron chi connectivity index (χ1n) is 8.01. The first-order chi connectivity index (χ1) is 12.0. The number of hydrogen-bond donors (Lipinski definition) is 0. The lowest BCUT2D eigenvalue weighted by Crippen LogP contribution is -2.19. The number of aryl methyl sites for hydroxylation is 1. The molecule has 3 aromatic rings. The van der Waals surface area contributed by atoms with Crippen molar-refractivity contribution in [2.45, 2.75) is 20.8 Å². The summed E-state index contributed by atoms with van der Waals surface area (Å²) in [4.78, 5) is 23.7. The Labute approximate surface area is 155 Å². The van der Waals surface area contributed by atoms with Crippen LogP contribution in [0.5, 0.6) is 0 Å². The Morgan fingerprint density at radius 2 is 2.12 bits per heavy atom. The van der Waals surface area contributed by atoms with E-state index in [1.54, 1.807) is 12.3 Å². The normalized spacial score (nSPS) is 10.9. The van der Waals surface area contributed by atoms with Crippen molar-refractivity contribution >= 4 is 50.6 Å². The smallest absolute Gasteiger partial charge is 0.339 e. The summed E-state index contributed by atoms with van der Waals surface area (Å²) in [7, 11) is 0. The number of ether oxygens (including phenoxy) is 1. The number of carbonyl (C=O) groups excluding carboxylic acids is 1. The zero-order valence-electron chi connectivity index (χ0n) is 14.2. The molecule has 0 saturated carbocycles. The third-order valence-corrected chi connectivity index (χ3v) is 4.81. The lowest BCUT2D eigenvalue weighted by atomic mass is 10.1. The highest BCUT2D eigenvalue weighted by Gasteiger charge is 2.23. The topological polar surface area (TPSA) is 55.3 Å². The fourth-order valence-electron chi connectivity index (χ4n) is 2.70. The molecule has 3 rings (SSSR count). The molecule has 130 valence electrons. The van der Waals surface area contributed by atoms with Gasteiger partial charge in [-0.25, -0.2) is 9.78 Å². The summed E-state index contributed by atoms with van der Waals surface area (Å²) < 4.78 is 5.18. The van der Waals surface area contributed by atoms with Gasteiger partial charge in [-0.1, -0.05) is 12.1 Å². The molecule has 7 heteroatoms. The van der Waals surface area contributed by atoms with Crippen LogP contribution in [0, 0.1) is 6.92 Å². The summed E-state index contributed by atoms with van der Waals surface area (Å²) in [5, 5.41) is 2.59. The number of nitrogens with zero attached hydrogens (tertiary/aromatic N) is 3. The van der Waals surface area contributed by atoms with Gasteiger partial charge in [0.2, 0.25) is 5.28 Å². The minimum Gasteiger partial charge on any atom is -0.462 e. The zero-order chi connectivity index (χ0) is 18.0. The molecule has 0 fully saturated rings. The Morgan fingerprint density at radius 1 is 1.32 bits per heavy atom. The number of carbonyl (C=O) groups is 1. The predicted octanol–water partition coefficient (Wildman–Crippen LogP) is 4.99. The van der Waals surface area contributed by atoms with Gasteiger partial charge in [-0.05, 0) is 50.1 Å². The highest BCUT2D eigenvalue weighted by molar-refractivity contribution is 7.17. The number of thiophene rings is 1. The number of anilines is 2. The summed E-state index contributed by atoms with van der Waals surface area (Å²) >= 11 is 7.49. The van der Waals surface area contributed by atoms with Crippen LogP contribution >= 0.6 is 22.9 Å². The average molecular weight is 376 g/mol. The summed E-state index contributed by atoms with van der Waals surface area (Å²) in [5.74, 6) is 0.244. The SMILES string of the molecule is CCOC(=O)c1csc2nc(Cl)nc(N(CC)c3cccc(C)c3)c12. The second-order valence-corrected chi connectivity index (χ2v) is 6.65. The van der Waals surface area contributed by atoms with Gasteiger partial charge in [0.15, 0.2) is 0 Å². The molecule has 0 bridgehead atoms. The molecule has 2 heterocycles. The van der Waals surface area contributed by atoms with E-state index in [2.05, 4.69) is 16.0 Å². The van der Waals surface area contributed by atoms with E-state index in [0.29, 0.717) is 34.7 Å². The van der Waals surface area contributed by atoms with E-state index in [1.165, 1.54) is 11.3 Å². The molecule has 2 aromatic heterocycles. The predicted molar refractivity (Wildman–Crippen MR) is 102 cm³/mol. The molecule has 0 unspecified atom stereocenters. The molecule has 25 heavy (non-hydrogen) atoms. The highest BCUT2D eigenvalue weighted by Crippen LogP contribution is 2.36. The van der Waals surface area contributed by atoms with Gasteiger partial charge >= 0.3 is 5.97 Å². The van der Waals surface area contributed by atoms with Crippen molar-refractivity contribution in [1.82, 2.24) is 9.97 Å². The fraction of sp³-hybridized carbons (Fsp3) is 0.278. The molecular formula is C18H18ClN3O2S. The molecule has 0 aliphatic rings. The molecule has 0 saturated heterocycles. The minimum atomic E-state index is -0.374. The molecule has 1 aromatic carbocycles. The van der Waals surface area contributed by atoms with Crippen LogP contribution in [0.1, 0.15) is 29.8 Å². The maximum absolute atomic E-state index is 12.3. The van der Waals surface area contributed by atoms with Crippen LogP contribution in [0.15, 0.2) is 29.6 Å². The van der Waals surface area contributed by atoms with Gasteiger partial charge in [-0.3, -0.25) is 0 Å². The van der Waals surface area contributed by atoms with Gasteiger partial charge in [0.25, 0.3) is 0 Å². The maximum Gasteiger partial charge on any atom is 0.339 e. The average Bonchev–Trinajstić information content (AvgIpc) is 2.99. The van der Waals surface area contributed by atoms with Gasteiger partial charge in [-0.2, -0.15) is 4.98 Å². The Balaban J connectivity index is 2.22. The van der Waals surface area contributed by atoms with Crippen molar-refractivity contribution in [1.29, 1.82) is 0 Å².